The Morgan fingerprint density at radius 1 is 1.38 bits per heavy atom. The monoisotopic (exact) mass is 189 g/mol. The van der Waals surface area contributed by atoms with E-state index in [2.05, 4.69) is 9.47 Å². The van der Waals surface area contributed by atoms with E-state index < -0.39 is 17.4 Å². The standard InChI is InChI=1S/C8H15NO4/c1-8(2,4-6(10)12-3)7(11)13-5-9/h4-5,9H2,1-3H3. The number of methoxy groups -OCH3 is 1. The normalized spacial score (nSPS) is 10.8. The van der Waals surface area contributed by atoms with Crippen LogP contribution in [0.1, 0.15) is 20.3 Å². The first-order valence-electron chi connectivity index (χ1n) is 3.88. The molecule has 5 heteroatoms. The molecule has 0 aromatic rings. The summed E-state index contributed by atoms with van der Waals surface area (Å²) in [6.07, 6.45) is -0.0116. The van der Waals surface area contributed by atoms with Gasteiger partial charge in [0.25, 0.3) is 0 Å². The number of hydrogen-bond donors (Lipinski definition) is 1. The average molecular weight is 189 g/mol. The maximum Gasteiger partial charge on any atom is 0.313 e. The van der Waals surface area contributed by atoms with Crippen LogP contribution < -0.4 is 5.73 Å². The molecule has 0 saturated heterocycles. The lowest BCUT2D eigenvalue weighted by atomic mass is 9.90. The van der Waals surface area contributed by atoms with Crippen molar-refractivity contribution >= 4 is 11.9 Å². The number of ether oxygens (including phenoxy) is 2. The third-order valence-corrected chi connectivity index (χ3v) is 1.58. The van der Waals surface area contributed by atoms with E-state index in [0.717, 1.165) is 0 Å². The maximum atomic E-state index is 11.2. The molecule has 0 radical (unpaired) electrons. The molecule has 0 aromatic carbocycles. The van der Waals surface area contributed by atoms with Crippen LogP contribution in [0.15, 0.2) is 0 Å². The molecular weight excluding hydrogens is 174 g/mol. The van der Waals surface area contributed by atoms with Crippen molar-refractivity contribution in [3.8, 4) is 0 Å². The summed E-state index contributed by atoms with van der Waals surface area (Å²) in [7, 11) is 1.27. The second kappa shape index (κ2) is 4.81. The van der Waals surface area contributed by atoms with Crippen LogP contribution in [-0.4, -0.2) is 25.8 Å². The summed E-state index contributed by atoms with van der Waals surface area (Å²) >= 11 is 0. The van der Waals surface area contributed by atoms with Gasteiger partial charge in [0.15, 0.2) is 0 Å². The summed E-state index contributed by atoms with van der Waals surface area (Å²) in [6.45, 7) is 3.02. The van der Waals surface area contributed by atoms with E-state index >= 15 is 0 Å². The zero-order valence-electron chi connectivity index (χ0n) is 8.12. The highest BCUT2D eigenvalue weighted by atomic mass is 16.5. The Labute approximate surface area is 77.2 Å². The smallest absolute Gasteiger partial charge is 0.313 e. The van der Waals surface area contributed by atoms with Gasteiger partial charge in [-0.3, -0.25) is 15.3 Å². The molecule has 5 nitrogen and oxygen atoms in total. The first kappa shape index (κ1) is 11.9. The van der Waals surface area contributed by atoms with Crippen molar-refractivity contribution in [2.75, 3.05) is 13.8 Å². The Morgan fingerprint density at radius 3 is 2.31 bits per heavy atom. The van der Waals surface area contributed by atoms with E-state index in [4.69, 9.17) is 5.73 Å². The minimum absolute atomic E-state index is 0.0116. The fraction of sp³-hybridized carbons (Fsp3) is 0.750. The molecule has 0 saturated carbocycles. The van der Waals surface area contributed by atoms with Crippen molar-refractivity contribution in [3.05, 3.63) is 0 Å². The van der Waals surface area contributed by atoms with Gasteiger partial charge in [0, 0.05) is 0 Å². The molecule has 0 aliphatic carbocycles. The second-order valence-corrected chi connectivity index (χ2v) is 3.24. The Kier molecular flexibility index (Phi) is 4.40. The summed E-state index contributed by atoms with van der Waals surface area (Å²) < 4.78 is 9.02. The molecule has 0 amide bonds. The van der Waals surface area contributed by atoms with Crippen LogP contribution in [0.2, 0.25) is 0 Å². The minimum Gasteiger partial charge on any atom is -0.469 e. The average Bonchev–Trinajstić information content (AvgIpc) is 2.04. The SMILES string of the molecule is COC(=O)CC(C)(C)C(=O)OCN. The number of carbonyl (C=O) groups excluding carboxylic acids is 2. The van der Waals surface area contributed by atoms with Gasteiger partial charge >= 0.3 is 11.9 Å². The van der Waals surface area contributed by atoms with Crippen LogP contribution in [0.4, 0.5) is 0 Å². The van der Waals surface area contributed by atoms with Crippen LogP contribution in [0.5, 0.6) is 0 Å². The van der Waals surface area contributed by atoms with Crippen molar-refractivity contribution in [2.24, 2.45) is 11.1 Å². The van der Waals surface area contributed by atoms with E-state index in [1.54, 1.807) is 13.8 Å². The van der Waals surface area contributed by atoms with Gasteiger partial charge in [0.1, 0.15) is 6.73 Å². The van der Waals surface area contributed by atoms with Crippen LogP contribution in [-0.2, 0) is 19.1 Å². The fourth-order valence-corrected chi connectivity index (χ4v) is 0.776. The first-order valence-corrected chi connectivity index (χ1v) is 3.88. The van der Waals surface area contributed by atoms with Gasteiger partial charge in [0.05, 0.1) is 18.9 Å². The largest absolute Gasteiger partial charge is 0.469 e. The molecule has 0 aliphatic heterocycles. The highest BCUT2D eigenvalue weighted by molar-refractivity contribution is 5.82. The molecule has 0 bridgehead atoms. The third-order valence-electron chi connectivity index (χ3n) is 1.58. The summed E-state index contributed by atoms with van der Waals surface area (Å²) in [5.74, 6) is -0.945. The first-order chi connectivity index (χ1) is 5.94. The van der Waals surface area contributed by atoms with Crippen molar-refractivity contribution in [1.29, 1.82) is 0 Å². The van der Waals surface area contributed by atoms with Crippen molar-refractivity contribution in [2.45, 2.75) is 20.3 Å². The van der Waals surface area contributed by atoms with Crippen LogP contribution >= 0.6 is 0 Å². The lowest BCUT2D eigenvalue weighted by Crippen LogP contribution is -2.31. The Hall–Kier alpha value is -1.10. The van der Waals surface area contributed by atoms with Gasteiger partial charge in [-0.2, -0.15) is 0 Å². The summed E-state index contributed by atoms with van der Waals surface area (Å²) in [4.78, 5) is 22.1. The summed E-state index contributed by atoms with van der Waals surface area (Å²) in [6, 6.07) is 0. The van der Waals surface area contributed by atoms with E-state index in [0.29, 0.717) is 0 Å². The Bertz CT molecular complexity index is 200. The zero-order chi connectivity index (χ0) is 10.5. The topological polar surface area (TPSA) is 78.6 Å². The highest BCUT2D eigenvalue weighted by Gasteiger charge is 2.32. The Balaban J connectivity index is 4.21. The maximum absolute atomic E-state index is 11.2. The summed E-state index contributed by atoms with van der Waals surface area (Å²) in [5.41, 5.74) is 4.15. The lowest BCUT2D eigenvalue weighted by molar-refractivity contribution is -0.159. The van der Waals surface area contributed by atoms with Crippen molar-refractivity contribution < 1.29 is 19.1 Å². The number of esters is 2. The van der Waals surface area contributed by atoms with E-state index in [1.807, 2.05) is 0 Å². The van der Waals surface area contributed by atoms with Gasteiger partial charge < -0.3 is 9.47 Å². The van der Waals surface area contributed by atoms with Crippen LogP contribution in [0.3, 0.4) is 0 Å². The molecule has 0 spiro atoms. The molecule has 76 valence electrons. The third kappa shape index (κ3) is 3.89. The molecular formula is C8H15NO4. The minimum atomic E-state index is -0.882. The predicted molar refractivity (Wildman–Crippen MR) is 45.6 cm³/mol. The van der Waals surface area contributed by atoms with Gasteiger partial charge in [-0.25, -0.2) is 0 Å². The number of carbonyl (C=O) groups is 2. The molecule has 0 aliphatic rings. The molecule has 0 aromatic heterocycles. The second-order valence-electron chi connectivity index (χ2n) is 3.24. The molecule has 0 atom stereocenters. The van der Waals surface area contributed by atoms with Crippen LogP contribution in [0, 0.1) is 5.41 Å². The van der Waals surface area contributed by atoms with E-state index in [9.17, 15) is 9.59 Å². The molecule has 0 rings (SSSR count). The molecule has 0 unspecified atom stereocenters. The van der Waals surface area contributed by atoms with E-state index in [1.165, 1.54) is 7.11 Å². The number of hydrogen-bond acceptors (Lipinski definition) is 5. The van der Waals surface area contributed by atoms with Gasteiger partial charge in [-0.1, -0.05) is 0 Å². The quantitative estimate of drug-likeness (QED) is 0.498. The summed E-state index contributed by atoms with van der Waals surface area (Å²) in [5, 5.41) is 0. The van der Waals surface area contributed by atoms with Gasteiger partial charge in [-0.15, -0.1) is 0 Å². The lowest BCUT2D eigenvalue weighted by Gasteiger charge is -2.20. The van der Waals surface area contributed by atoms with Crippen molar-refractivity contribution in [1.82, 2.24) is 0 Å². The molecule has 13 heavy (non-hydrogen) atoms. The van der Waals surface area contributed by atoms with Crippen molar-refractivity contribution in [3.63, 3.8) is 0 Å². The van der Waals surface area contributed by atoms with Gasteiger partial charge in [-0.05, 0) is 13.8 Å². The Morgan fingerprint density at radius 2 is 1.92 bits per heavy atom. The fourth-order valence-electron chi connectivity index (χ4n) is 0.776. The van der Waals surface area contributed by atoms with Gasteiger partial charge in [0.2, 0.25) is 0 Å². The number of nitrogens with two attached hydrogens (primary N) is 1. The van der Waals surface area contributed by atoms with E-state index in [-0.39, 0.29) is 13.2 Å². The zero-order valence-corrected chi connectivity index (χ0v) is 8.12. The highest BCUT2D eigenvalue weighted by Crippen LogP contribution is 2.22. The molecule has 0 fully saturated rings. The van der Waals surface area contributed by atoms with Crippen LogP contribution in [0.25, 0.3) is 0 Å². The molecule has 0 heterocycles. The molecule has 2 N–H and O–H groups in total. The number of rotatable bonds is 4. The predicted octanol–water partition coefficient (Wildman–Crippen LogP) is 0.0351.